The Kier molecular flexibility index (Phi) is 3.25. The molecule has 0 saturated heterocycles. The molecule has 0 spiro atoms. The summed E-state index contributed by atoms with van der Waals surface area (Å²) in [6.07, 6.45) is 3.47. The van der Waals surface area contributed by atoms with Crippen LogP contribution >= 0.6 is 0 Å². The van der Waals surface area contributed by atoms with Crippen LogP contribution in [0.25, 0.3) is 5.57 Å². The third-order valence-corrected chi connectivity index (χ3v) is 3.26. The van der Waals surface area contributed by atoms with Crippen molar-refractivity contribution in [2.75, 3.05) is 7.11 Å². The number of rotatable bonds is 2. The summed E-state index contributed by atoms with van der Waals surface area (Å²) in [5, 5.41) is 9.90. The lowest BCUT2D eigenvalue weighted by Gasteiger charge is -2.32. The summed E-state index contributed by atoms with van der Waals surface area (Å²) in [6.45, 7) is 4.40. The summed E-state index contributed by atoms with van der Waals surface area (Å²) in [5.41, 5.74) is 2.52. The second kappa shape index (κ2) is 4.53. The quantitative estimate of drug-likeness (QED) is 0.848. The van der Waals surface area contributed by atoms with E-state index in [9.17, 15) is 5.11 Å². The number of hydrogen-bond donors (Lipinski definition) is 1. The van der Waals surface area contributed by atoms with Gasteiger partial charge in [0.05, 0.1) is 13.2 Å². The fourth-order valence-corrected chi connectivity index (χ4v) is 2.53. The predicted molar refractivity (Wildman–Crippen MR) is 70.0 cm³/mol. The van der Waals surface area contributed by atoms with Gasteiger partial charge in [0.15, 0.2) is 0 Å². The van der Waals surface area contributed by atoms with Crippen molar-refractivity contribution in [3.8, 4) is 5.75 Å². The zero-order chi connectivity index (χ0) is 12.5. The molecule has 0 amide bonds. The Morgan fingerprint density at radius 3 is 2.76 bits per heavy atom. The molecule has 2 heteroatoms. The highest BCUT2D eigenvalue weighted by molar-refractivity contribution is 5.68. The summed E-state index contributed by atoms with van der Waals surface area (Å²) >= 11 is 0. The van der Waals surface area contributed by atoms with Gasteiger partial charge in [0.25, 0.3) is 0 Å². The molecule has 0 fully saturated rings. The van der Waals surface area contributed by atoms with E-state index in [2.05, 4.69) is 19.9 Å². The number of aliphatic hydroxyl groups is 1. The first-order valence-corrected chi connectivity index (χ1v) is 6.03. The molecule has 1 aromatic rings. The molecule has 0 heterocycles. The van der Waals surface area contributed by atoms with Crippen molar-refractivity contribution in [1.82, 2.24) is 0 Å². The zero-order valence-corrected chi connectivity index (χ0v) is 10.7. The maximum Gasteiger partial charge on any atom is 0.119 e. The second-order valence-corrected chi connectivity index (χ2v) is 5.54. The number of benzene rings is 1. The third kappa shape index (κ3) is 2.89. The summed E-state index contributed by atoms with van der Waals surface area (Å²) in [7, 11) is 1.67. The van der Waals surface area contributed by atoms with E-state index in [1.54, 1.807) is 7.11 Å². The lowest BCUT2D eigenvalue weighted by atomic mass is 9.74. The van der Waals surface area contributed by atoms with Crippen molar-refractivity contribution in [3.63, 3.8) is 0 Å². The van der Waals surface area contributed by atoms with Crippen LogP contribution in [0.5, 0.6) is 5.75 Å². The lowest BCUT2D eigenvalue weighted by molar-refractivity contribution is 0.146. The highest BCUT2D eigenvalue weighted by atomic mass is 16.5. The number of allylic oxidation sites excluding steroid dienone is 1. The average molecular weight is 232 g/mol. The van der Waals surface area contributed by atoms with Gasteiger partial charge in [0.1, 0.15) is 5.75 Å². The van der Waals surface area contributed by atoms with E-state index in [4.69, 9.17) is 4.74 Å². The zero-order valence-electron chi connectivity index (χ0n) is 10.7. The van der Waals surface area contributed by atoms with Crippen molar-refractivity contribution in [3.05, 3.63) is 35.9 Å². The topological polar surface area (TPSA) is 29.5 Å². The molecule has 0 radical (unpaired) electrons. The molecule has 1 aliphatic carbocycles. The fourth-order valence-electron chi connectivity index (χ4n) is 2.53. The van der Waals surface area contributed by atoms with Crippen molar-refractivity contribution < 1.29 is 9.84 Å². The van der Waals surface area contributed by atoms with Crippen molar-refractivity contribution in [2.24, 2.45) is 5.41 Å². The van der Waals surface area contributed by atoms with Gasteiger partial charge in [0, 0.05) is 0 Å². The predicted octanol–water partition coefficient (Wildman–Crippen LogP) is 3.26. The summed E-state index contributed by atoms with van der Waals surface area (Å²) in [6, 6.07) is 8.03. The van der Waals surface area contributed by atoms with E-state index < -0.39 is 0 Å². The first kappa shape index (κ1) is 12.2. The normalized spacial score (nSPS) is 23.1. The SMILES string of the molecule is COc1cccc(C2=CC(O)CC(C)(C)C2)c1. The standard InChI is InChI=1S/C15H20O2/c1-15(2)9-12(7-13(16)10-15)11-5-4-6-14(8-11)17-3/h4-8,13,16H,9-10H2,1-3H3. The number of ether oxygens (including phenoxy) is 1. The van der Waals surface area contributed by atoms with E-state index in [0.29, 0.717) is 0 Å². The summed E-state index contributed by atoms with van der Waals surface area (Å²) in [4.78, 5) is 0. The molecule has 0 saturated carbocycles. The highest BCUT2D eigenvalue weighted by Crippen LogP contribution is 2.39. The van der Waals surface area contributed by atoms with E-state index in [1.165, 1.54) is 5.57 Å². The molecule has 0 bridgehead atoms. The van der Waals surface area contributed by atoms with E-state index in [0.717, 1.165) is 24.2 Å². The van der Waals surface area contributed by atoms with Gasteiger partial charge in [-0.15, -0.1) is 0 Å². The Labute approximate surface area is 103 Å². The molecule has 2 rings (SSSR count). The Bertz CT molecular complexity index is 432. The van der Waals surface area contributed by atoms with Crippen LogP contribution in [0.1, 0.15) is 32.3 Å². The van der Waals surface area contributed by atoms with Crippen molar-refractivity contribution >= 4 is 5.57 Å². The molecular weight excluding hydrogens is 212 g/mol. The molecule has 1 atom stereocenters. The molecule has 0 aromatic heterocycles. The Morgan fingerprint density at radius 1 is 1.35 bits per heavy atom. The summed E-state index contributed by atoms with van der Waals surface area (Å²) in [5.74, 6) is 0.862. The Morgan fingerprint density at radius 2 is 2.12 bits per heavy atom. The van der Waals surface area contributed by atoms with E-state index >= 15 is 0 Å². The maximum atomic E-state index is 9.90. The van der Waals surface area contributed by atoms with Gasteiger partial charge in [-0.25, -0.2) is 0 Å². The molecule has 2 nitrogen and oxygen atoms in total. The second-order valence-electron chi connectivity index (χ2n) is 5.54. The van der Waals surface area contributed by atoms with Gasteiger partial charge < -0.3 is 9.84 Å². The van der Waals surface area contributed by atoms with Crippen LogP contribution in [0.3, 0.4) is 0 Å². The molecule has 17 heavy (non-hydrogen) atoms. The highest BCUT2D eigenvalue weighted by Gasteiger charge is 2.28. The van der Waals surface area contributed by atoms with Crippen LogP contribution in [0.4, 0.5) is 0 Å². The molecule has 0 aliphatic heterocycles. The molecule has 1 unspecified atom stereocenters. The molecule has 1 aromatic carbocycles. The number of methoxy groups -OCH3 is 1. The van der Waals surface area contributed by atoms with Gasteiger partial charge in [-0.3, -0.25) is 0 Å². The molecule has 1 aliphatic rings. The monoisotopic (exact) mass is 232 g/mol. The van der Waals surface area contributed by atoms with Crippen LogP contribution < -0.4 is 4.74 Å². The minimum Gasteiger partial charge on any atom is -0.497 e. The van der Waals surface area contributed by atoms with Gasteiger partial charge in [-0.2, -0.15) is 0 Å². The molecule has 1 N–H and O–H groups in total. The van der Waals surface area contributed by atoms with Crippen molar-refractivity contribution in [1.29, 1.82) is 0 Å². The molecule has 92 valence electrons. The first-order chi connectivity index (χ1) is 8.00. The largest absolute Gasteiger partial charge is 0.497 e. The van der Waals surface area contributed by atoms with E-state index in [-0.39, 0.29) is 11.5 Å². The van der Waals surface area contributed by atoms with Gasteiger partial charge in [-0.05, 0) is 41.5 Å². The number of aliphatic hydroxyl groups excluding tert-OH is 1. The van der Waals surface area contributed by atoms with Gasteiger partial charge in [-0.1, -0.05) is 32.1 Å². The van der Waals surface area contributed by atoms with Crippen LogP contribution in [0.2, 0.25) is 0 Å². The van der Waals surface area contributed by atoms with Crippen LogP contribution in [-0.4, -0.2) is 18.3 Å². The first-order valence-electron chi connectivity index (χ1n) is 6.03. The summed E-state index contributed by atoms with van der Waals surface area (Å²) < 4.78 is 5.23. The Hall–Kier alpha value is -1.28. The number of hydrogen-bond acceptors (Lipinski definition) is 2. The minimum atomic E-state index is -0.333. The van der Waals surface area contributed by atoms with Gasteiger partial charge >= 0.3 is 0 Å². The van der Waals surface area contributed by atoms with Gasteiger partial charge in [0.2, 0.25) is 0 Å². The lowest BCUT2D eigenvalue weighted by Crippen LogP contribution is -2.24. The van der Waals surface area contributed by atoms with Crippen LogP contribution in [0, 0.1) is 5.41 Å². The Balaban J connectivity index is 2.32. The average Bonchev–Trinajstić information content (AvgIpc) is 2.26. The van der Waals surface area contributed by atoms with Crippen molar-refractivity contribution in [2.45, 2.75) is 32.8 Å². The smallest absolute Gasteiger partial charge is 0.119 e. The van der Waals surface area contributed by atoms with E-state index in [1.807, 2.05) is 24.3 Å². The maximum absolute atomic E-state index is 9.90. The molecular formula is C15H20O2. The van der Waals surface area contributed by atoms with Crippen LogP contribution in [-0.2, 0) is 0 Å². The van der Waals surface area contributed by atoms with Crippen LogP contribution in [0.15, 0.2) is 30.3 Å². The minimum absolute atomic E-state index is 0.159. The third-order valence-electron chi connectivity index (χ3n) is 3.26. The fraction of sp³-hybridized carbons (Fsp3) is 0.467.